The minimum atomic E-state index is 0.0204. The van der Waals surface area contributed by atoms with Crippen molar-refractivity contribution >= 4 is 5.82 Å². The Morgan fingerprint density at radius 2 is 2.50 bits per heavy atom. The van der Waals surface area contributed by atoms with Gasteiger partial charge < -0.3 is 20.1 Å². The maximum atomic E-state index is 5.90. The van der Waals surface area contributed by atoms with E-state index in [0.29, 0.717) is 13.2 Å². The summed E-state index contributed by atoms with van der Waals surface area (Å²) in [6.45, 7) is 6.83. The molecule has 1 fully saturated rings. The van der Waals surface area contributed by atoms with Gasteiger partial charge in [-0.25, -0.2) is 4.98 Å². The first-order chi connectivity index (χ1) is 8.72. The molecule has 1 aromatic rings. The predicted octanol–water partition coefficient (Wildman–Crippen LogP) is 1.03. The fraction of sp³-hybridized carbons (Fsp3) is 0.615. The van der Waals surface area contributed by atoms with Crippen LogP contribution in [-0.2, 0) is 4.74 Å². The molecule has 100 valence electrons. The Labute approximate surface area is 108 Å². The number of aromatic nitrogens is 1. The highest BCUT2D eigenvalue weighted by atomic mass is 16.5. The molecule has 0 spiro atoms. The van der Waals surface area contributed by atoms with Crippen LogP contribution in [0.15, 0.2) is 18.3 Å². The first kappa shape index (κ1) is 13.1. The molecule has 0 bridgehead atoms. The Kier molecular flexibility index (Phi) is 4.38. The number of hydrogen-bond donors (Lipinski definition) is 1. The van der Waals surface area contributed by atoms with Crippen molar-refractivity contribution in [2.24, 2.45) is 5.73 Å². The van der Waals surface area contributed by atoms with Gasteiger partial charge in [-0.05, 0) is 26.0 Å². The first-order valence-electron chi connectivity index (χ1n) is 6.42. The second-order valence-corrected chi connectivity index (χ2v) is 4.47. The molecule has 0 saturated carbocycles. The zero-order chi connectivity index (χ0) is 13.0. The fourth-order valence-corrected chi connectivity index (χ4v) is 2.07. The number of rotatable bonds is 4. The van der Waals surface area contributed by atoms with Gasteiger partial charge in [-0.2, -0.15) is 0 Å². The molecule has 2 heterocycles. The smallest absolute Gasteiger partial charge is 0.171 e. The molecule has 1 aliphatic rings. The second kappa shape index (κ2) is 6.02. The minimum Gasteiger partial charge on any atom is -0.490 e. The van der Waals surface area contributed by atoms with Gasteiger partial charge >= 0.3 is 0 Å². The maximum absolute atomic E-state index is 5.90. The van der Waals surface area contributed by atoms with E-state index < -0.39 is 0 Å². The molecule has 2 rings (SSSR count). The Morgan fingerprint density at radius 3 is 3.22 bits per heavy atom. The number of nitrogens with zero attached hydrogens (tertiary/aromatic N) is 2. The van der Waals surface area contributed by atoms with Gasteiger partial charge in [0.1, 0.15) is 0 Å². The molecule has 0 amide bonds. The van der Waals surface area contributed by atoms with E-state index >= 15 is 0 Å². The molecule has 2 unspecified atom stereocenters. The zero-order valence-corrected chi connectivity index (χ0v) is 11.0. The van der Waals surface area contributed by atoms with Gasteiger partial charge in [-0.1, -0.05) is 0 Å². The lowest BCUT2D eigenvalue weighted by atomic mass is 10.1. The lowest BCUT2D eigenvalue weighted by Crippen LogP contribution is -2.50. The van der Waals surface area contributed by atoms with Crippen molar-refractivity contribution in [2.75, 3.05) is 31.2 Å². The van der Waals surface area contributed by atoms with E-state index in [1.807, 2.05) is 26.0 Å². The molecule has 1 saturated heterocycles. The average Bonchev–Trinajstić information content (AvgIpc) is 2.40. The summed E-state index contributed by atoms with van der Waals surface area (Å²) in [7, 11) is 0. The molecule has 0 aliphatic carbocycles. The molecule has 5 nitrogen and oxygen atoms in total. The predicted molar refractivity (Wildman–Crippen MR) is 71.0 cm³/mol. The van der Waals surface area contributed by atoms with Crippen molar-refractivity contribution in [1.29, 1.82) is 0 Å². The largest absolute Gasteiger partial charge is 0.490 e. The lowest BCUT2D eigenvalue weighted by Gasteiger charge is -2.35. The van der Waals surface area contributed by atoms with E-state index in [4.69, 9.17) is 15.2 Å². The van der Waals surface area contributed by atoms with Gasteiger partial charge in [-0.3, -0.25) is 0 Å². The molecule has 2 N–H and O–H groups in total. The molecule has 2 atom stereocenters. The molecule has 5 heteroatoms. The zero-order valence-electron chi connectivity index (χ0n) is 11.0. The van der Waals surface area contributed by atoms with Crippen LogP contribution >= 0.6 is 0 Å². The third kappa shape index (κ3) is 2.91. The van der Waals surface area contributed by atoms with E-state index in [2.05, 4.69) is 9.88 Å². The van der Waals surface area contributed by atoms with Crippen molar-refractivity contribution in [3.05, 3.63) is 18.3 Å². The Hall–Kier alpha value is -1.33. The SMILES string of the molecule is CCOc1cccnc1N1CCOC(C(C)N)C1. The van der Waals surface area contributed by atoms with Crippen molar-refractivity contribution in [3.8, 4) is 5.75 Å². The fourth-order valence-electron chi connectivity index (χ4n) is 2.07. The molecule has 1 aromatic heterocycles. The molecule has 1 aliphatic heterocycles. The van der Waals surface area contributed by atoms with Crippen LogP contribution in [0.1, 0.15) is 13.8 Å². The van der Waals surface area contributed by atoms with E-state index in [-0.39, 0.29) is 12.1 Å². The van der Waals surface area contributed by atoms with Gasteiger partial charge in [0.15, 0.2) is 11.6 Å². The van der Waals surface area contributed by atoms with Crippen LogP contribution in [0.5, 0.6) is 5.75 Å². The lowest BCUT2D eigenvalue weighted by molar-refractivity contribution is 0.0272. The highest BCUT2D eigenvalue weighted by Crippen LogP contribution is 2.27. The normalized spacial score (nSPS) is 21.7. The number of nitrogens with two attached hydrogens (primary N) is 1. The van der Waals surface area contributed by atoms with Crippen LogP contribution in [-0.4, -0.2) is 43.4 Å². The number of pyridine rings is 1. The summed E-state index contributed by atoms with van der Waals surface area (Å²) in [6.07, 6.45) is 1.84. The van der Waals surface area contributed by atoms with E-state index in [0.717, 1.165) is 24.7 Å². The van der Waals surface area contributed by atoms with Crippen LogP contribution in [0.4, 0.5) is 5.82 Å². The molecule has 0 radical (unpaired) electrons. The third-order valence-electron chi connectivity index (χ3n) is 3.03. The van der Waals surface area contributed by atoms with Crippen molar-refractivity contribution in [1.82, 2.24) is 4.98 Å². The summed E-state index contributed by atoms with van der Waals surface area (Å²) in [5.41, 5.74) is 5.90. The first-order valence-corrected chi connectivity index (χ1v) is 6.42. The van der Waals surface area contributed by atoms with E-state index in [9.17, 15) is 0 Å². The van der Waals surface area contributed by atoms with Crippen molar-refractivity contribution < 1.29 is 9.47 Å². The summed E-state index contributed by atoms with van der Waals surface area (Å²) < 4.78 is 11.3. The average molecular weight is 251 g/mol. The Balaban J connectivity index is 2.15. The van der Waals surface area contributed by atoms with Gasteiger partial charge in [0.25, 0.3) is 0 Å². The number of hydrogen-bond acceptors (Lipinski definition) is 5. The van der Waals surface area contributed by atoms with Crippen molar-refractivity contribution in [2.45, 2.75) is 26.0 Å². The van der Waals surface area contributed by atoms with E-state index in [1.165, 1.54) is 0 Å². The van der Waals surface area contributed by atoms with Crippen LogP contribution < -0.4 is 15.4 Å². The van der Waals surface area contributed by atoms with Gasteiger partial charge in [0.05, 0.1) is 19.3 Å². The maximum Gasteiger partial charge on any atom is 0.171 e. The van der Waals surface area contributed by atoms with E-state index in [1.54, 1.807) is 6.20 Å². The standard InChI is InChI=1S/C13H21N3O2/c1-3-17-11-5-4-6-15-13(11)16-7-8-18-12(9-16)10(2)14/h4-6,10,12H,3,7-9,14H2,1-2H3. The highest BCUT2D eigenvalue weighted by Gasteiger charge is 2.25. The Morgan fingerprint density at radius 1 is 1.67 bits per heavy atom. The molecule has 0 aromatic carbocycles. The topological polar surface area (TPSA) is 60.6 Å². The number of morpholine rings is 1. The summed E-state index contributed by atoms with van der Waals surface area (Å²) in [5, 5.41) is 0. The second-order valence-electron chi connectivity index (χ2n) is 4.47. The summed E-state index contributed by atoms with van der Waals surface area (Å²) in [4.78, 5) is 6.60. The minimum absolute atomic E-state index is 0.0204. The van der Waals surface area contributed by atoms with Crippen LogP contribution in [0, 0.1) is 0 Å². The highest BCUT2D eigenvalue weighted by molar-refractivity contribution is 5.52. The molecular formula is C13H21N3O2. The van der Waals surface area contributed by atoms with Crippen LogP contribution in [0.25, 0.3) is 0 Å². The molecular weight excluding hydrogens is 230 g/mol. The summed E-state index contributed by atoms with van der Waals surface area (Å²) in [5.74, 6) is 1.71. The van der Waals surface area contributed by atoms with Crippen LogP contribution in [0.3, 0.4) is 0 Å². The number of anilines is 1. The van der Waals surface area contributed by atoms with Crippen molar-refractivity contribution in [3.63, 3.8) is 0 Å². The van der Waals surface area contributed by atoms with Gasteiger partial charge in [-0.15, -0.1) is 0 Å². The van der Waals surface area contributed by atoms with Crippen LogP contribution in [0.2, 0.25) is 0 Å². The quantitative estimate of drug-likeness (QED) is 0.866. The van der Waals surface area contributed by atoms with Gasteiger partial charge in [0, 0.05) is 25.3 Å². The number of ether oxygens (including phenoxy) is 2. The summed E-state index contributed by atoms with van der Waals surface area (Å²) in [6, 6.07) is 3.85. The Bertz CT molecular complexity index is 384. The molecule has 18 heavy (non-hydrogen) atoms. The summed E-state index contributed by atoms with van der Waals surface area (Å²) >= 11 is 0. The van der Waals surface area contributed by atoms with Gasteiger partial charge in [0.2, 0.25) is 0 Å². The third-order valence-corrected chi connectivity index (χ3v) is 3.03. The monoisotopic (exact) mass is 251 g/mol.